The summed E-state index contributed by atoms with van der Waals surface area (Å²) in [5.41, 5.74) is 1.70. The lowest BCUT2D eigenvalue weighted by atomic mass is 10.2. The molecule has 26 heavy (non-hydrogen) atoms. The third-order valence-electron chi connectivity index (χ3n) is 3.57. The normalized spacial score (nSPS) is 11.8. The fourth-order valence-corrected chi connectivity index (χ4v) is 2.63. The molecule has 5 nitrogen and oxygen atoms in total. The summed E-state index contributed by atoms with van der Waals surface area (Å²) in [6.45, 7) is 1.82. The molecule has 0 fully saturated rings. The number of para-hydroxylation sites is 1. The Kier molecular flexibility index (Phi) is 7.41. The van der Waals surface area contributed by atoms with Crippen LogP contribution in [0, 0.1) is 0 Å². The van der Waals surface area contributed by atoms with E-state index >= 15 is 0 Å². The van der Waals surface area contributed by atoms with Crippen molar-refractivity contribution in [1.82, 2.24) is 5.32 Å². The van der Waals surface area contributed by atoms with Crippen molar-refractivity contribution >= 4 is 33.9 Å². The number of hydrogen-bond acceptors (Lipinski definition) is 4. The molecule has 1 amide bonds. The lowest BCUT2D eigenvalue weighted by Crippen LogP contribution is -2.35. The topological polar surface area (TPSA) is 64.6 Å². The molecule has 2 rings (SSSR count). The van der Waals surface area contributed by atoms with Crippen LogP contribution in [0.5, 0.6) is 5.75 Å². The summed E-state index contributed by atoms with van der Waals surface area (Å²) in [5.74, 6) is -0.264. The SMILES string of the molecule is COc1ccccc1CNC(=O)[C@H](C)OC(=O)/C=C/c1cccc(Br)c1. The number of nitrogens with one attached hydrogen (secondary N) is 1. The molecule has 0 radical (unpaired) electrons. The first-order chi connectivity index (χ1) is 12.5. The summed E-state index contributed by atoms with van der Waals surface area (Å²) in [5, 5.41) is 2.73. The van der Waals surface area contributed by atoms with E-state index in [1.165, 1.54) is 13.0 Å². The van der Waals surface area contributed by atoms with Gasteiger partial charge in [-0.25, -0.2) is 4.79 Å². The Labute approximate surface area is 161 Å². The van der Waals surface area contributed by atoms with Crippen molar-refractivity contribution in [3.05, 3.63) is 70.2 Å². The van der Waals surface area contributed by atoms with Gasteiger partial charge in [0.25, 0.3) is 5.91 Å². The highest BCUT2D eigenvalue weighted by atomic mass is 79.9. The van der Waals surface area contributed by atoms with Crippen molar-refractivity contribution in [3.8, 4) is 5.75 Å². The molecule has 0 spiro atoms. The van der Waals surface area contributed by atoms with Crippen molar-refractivity contribution < 1.29 is 19.1 Å². The van der Waals surface area contributed by atoms with E-state index in [9.17, 15) is 9.59 Å². The molecule has 0 saturated carbocycles. The highest BCUT2D eigenvalue weighted by Gasteiger charge is 2.16. The molecule has 2 aromatic carbocycles. The van der Waals surface area contributed by atoms with E-state index in [0.29, 0.717) is 12.3 Å². The van der Waals surface area contributed by atoms with Crippen LogP contribution >= 0.6 is 15.9 Å². The van der Waals surface area contributed by atoms with Crippen molar-refractivity contribution in [2.24, 2.45) is 0 Å². The summed E-state index contributed by atoms with van der Waals surface area (Å²) in [6.07, 6.45) is 2.03. The number of amides is 1. The molecule has 0 aromatic heterocycles. The van der Waals surface area contributed by atoms with E-state index in [0.717, 1.165) is 15.6 Å². The maximum absolute atomic E-state index is 12.1. The maximum Gasteiger partial charge on any atom is 0.331 e. The molecule has 0 bridgehead atoms. The second-order valence-corrected chi connectivity index (χ2v) is 6.41. The van der Waals surface area contributed by atoms with Gasteiger partial charge in [0.15, 0.2) is 6.10 Å². The first-order valence-corrected chi connectivity index (χ1v) is 8.82. The molecular weight excluding hydrogens is 398 g/mol. The van der Waals surface area contributed by atoms with Crippen LogP contribution in [-0.4, -0.2) is 25.1 Å². The molecule has 0 heterocycles. The maximum atomic E-state index is 12.1. The number of carbonyl (C=O) groups is 2. The number of benzene rings is 2. The van der Waals surface area contributed by atoms with Crippen molar-refractivity contribution in [2.45, 2.75) is 19.6 Å². The monoisotopic (exact) mass is 417 g/mol. The molecule has 0 aliphatic carbocycles. The molecule has 0 unspecified atom stereocenters. The number of hydrogen-bond donors (Lipinski definition) is 1. The van der Waals surface area contributed by atoms with Crippen LogP contribution in [0.15, 0.2) is 59.1 Å². The zero-order valence-electron chi connectivity index (χ0n) is 14.6. The number of esters is 1. The molecule has 0 aliphatic heterocycles. The van der Waals surface area contributed by atoms with Gasteiger partial charge in [-0.3, -0.25) is 4.79 Å². The highest BCUT2D eigenvalue weighted by Crippen LogP contribution is 2.16. The molecule has 136 valence electrons. The number of methoxy groups -OCH3 is 1. The molecule has 6 heteroatoms. The van der Waals surface area contributed by atoms with Crippen LogP contribution < -0.4 is 10.1 Å². The minimum absolute atomic E-state index is 0.290. The first kappa shape index (κ1) is 19.7. The highest BCUT2D eigenvalue weighted by molar-refractivity contribution is 9.10. The average molecular weight is 418 g/mol. The van der Waals surface area contributed by atoms with Crippen LogP contribution in [0.3, 0.4) is 0 Å². The first-order valence-electron chi connectivity index (χ1n) is 8.03. The van der Waals surface area contributed by atoms with Gasteiger partial charge in [0.05, 0.1) is 7.11 Å². The smallest absolute Gasteiger partial charge is 0.331 e. The Balaban J connectivity index is 1.85. The zero-order chi connectivity index (χ0) is 18.9. The van der Waals surface area contributed by atoms with E-state index < -0.39 is 12.1 Å². The molecule has 1 atom stereocenters. The molecule has 0 aliphatic rings. The average Bonchev–Trinajstić information content (AvgIpc) is 2.64. The Morgan fingerprint density at radius 1 is 1.19 bits per heavy atom. The predicted molar refractivity (Wildman–Crippen MR) is 104 cm³/mol. The van der Waals surface area contributed by atoms with Crippen molar-refractivity contribution in [2.75, 3.05) is 7.11 Å². The largest absolute Gasteiger partial charge is 0.496 e. The Morgan fingerprint density at radius 3 is 2.69 bits per heavy atom. The number of ether oxygens (including phenoxy) is 2. The van der Waals surface area contributed by atoms with E-state index in [1.807, 2.05) is 48.5 Å². The van der Waals surface area contributed by atoms with Crippen LogP contribution in [-0.2, 0) is 20.9 Å². The van der Waals surface area contributed by atoms with E-state index in [4.69, 9.17) is 9.47 Å². The summed E-state index contributed by atoms with van der Waals surface area (Å²) >= 11 is 3.36. The lowest BCUT2D eigenvalue weighted by Gasteiger charge is -2.13. The van der Waals surface area contributed by atoms with Gasteiger partial charge < -0.3 is 14.8 Å². The standard InChI is InChI=1S/C20H20BrNO4/c1-14(20(24)22-13-16-7-3-4-9-18(16)25-2)26-19(23)11-10-15-6-5-8-17(21)12-15/h3-12,14H,13H2,1-2H3,(H,22,24)/b11-10+/t14-/m0/s1. The summed E-state index contributed by atoms with van der Waals surface area (Å²) in [7, 11) is 1.57. The fourth-order valence-electron chi connectivity index (χ4n) is 2.22. The number of rotatable bonds is 7. The van der Waals surface area contributed by atoms with Crippen LogP contribution in [0.1, 0.15) is 18.1 Å². The van der Waals surface area contributed by atoms with Gasteiger partial charge in [0.1, 0.15) is 5.75 Å². The van der Waals surface area contributed by atoms with Gasteiger partial charge in [-0.05, 0) is 36.8 Å². The van der Waals surface area contributed by atoms with Gasteiger partial charge in [0, 0.05) is 22.7 Å². The van der Waals surface area contributed by atoms with Crippen molar-refractivity contribution in [3.63, 3.8) is 0 Å². The van der Waals surface area contributed by atoms with Crippen LogP contribution in [0.25, 0.3) is 6.08 Å². The third kappa shape index (κ3) is 6.04. The fraction of sp³-hybridized carbons (Fsp3) is 0.200. The summed E-state index contributed by atoms with van der Waals surface area (Å²) < 4.78 is 11.3. The molecule has 0 saturated heterocycles. The Morgan fingerprint density at radius 2 is 1.96 bits per heavy atom. The molecule has 1 N–H and O–H groups in total. The van der Waals surface area contributed by atoms with E-state index in [-0.39, 0.29) is 5.91 Å². The van der Waals surface area contributed by atoms with Gasteiger partial charge in [-0.1, -0.05) is 46.3 Å². The van der Waals surface area contributed by atoms with Crippen LogP contribution in [0.2, 0.25) is 0 Å². The van der Waals surface area contributed by atoms with Crippen LogP contribution in [0.4, 0.5) is 0 Å². The van der Waals surface area contributed by atoms with E-state index in [2.05, 4.69) is 21.2 Å². The number of carbonyl (C=O) groups excluding carboxylic acids is 2. The van der Waals surface area contributed by atoms with Gasteiger partial charge in [-0.2, -0.15) is 0 Å². The van der Waals surface area contributed by atoms with E-state index in [1.54, 1.807) is 13.2 Å². The summed E-state index contributed by atoms with van der Waals surface area (Å²) in [6, 6.07) is 14.9. The predicted octanol–water partition coefficient (Wildman–Crippen LogP) is 3.72. The van der Waals surface area contributed by atoms with Gasteiger partial charge in [-0.15, -0.1) is 0 Å². The quantitative estimate of drug-likeness (QED) is 0.550. The Bertz CT molecular complexity index is 804. The second kappa shape index (κ2) is 9.77. The minimum atomic E-state index is -0.899. The third-order valence-corrected chi connectivity index (χ3v) is 4.06. The zero-order valence-corrected chi connectivity index (χ0v) is 16.2. The molecular formula is C20H20BrNO4. The lowest BCUT2D eigenvalue weighted by molar-refractivity contribution is -0.150. The van der Waals surface area contributed by atoms with Crippen molar-refractivity contribution in [1.29, 1.82) is 0 Å². The molecule has 2 aromatic rings. The minimum Gasteiger partial charge on any atom is -0.496 e. The van der Waals surface area contributed by atoms with Gasteiger partial charge in [0.2, 0.25) is 0 Å². The Hall–Kier alpha value is -2.60. The second-order valence-electron chi connectivity index (χ2n) is 5.50. The summed E-state index contributed by atoms with van der Waals surface area (Å²) in [4.78, 5) is 24.0. The van der Waals surface area contributed by atoms with Gasteiger partial charge >= 0.3 is 5.97 Å². The number of halogens is 1.